The monoisotopic (exact) mass is 381 g/mol. The van der Waals surface area contributed by atoms with E-state index in [9.17, 15) is 4.79 Å². The summed E-state index contributed by atoms with van der Waals surface area (Å²) in [5.41, 5.74) is 5.28. The number of aromatic nitrogens is 1. The van der Waals surface area contributed by atoms with E-state index in [-0.39, 0.29) is 5.91 Å². The first-order valence-corrected chi connectivity index (χ1v) is 10.1. The van der Waals surface area contributed by atoms with Crippen molar-refractivity contribution in [3.63, 3.8) is 0 Å². The molecule has 0 aliphatic rings. The van der Waals surface area contributed by atoms with Crippen LogP contribution in [0, 0.1) is 13.8 Å². The number of likely N-dealkylation sites (N-methyl/N-ethyl adjacent to an activating group) is 1. The molecular formula is C22H27N3OS. The van der Waals surface area contributed by atoms with Gasteiger partial charge < -0.3 is 4.90 Å². The van der Waals surface area contributed by atoms with Crippen molar-refractivity contribution in [1.29, 1.82) is 0 Å². The zero-order valence-electron chi connectivity index (χ0n) is 16.7. The van der Waals surface area contributed by atoms with Gasteiger partial charge in [0.15, 0.2) is 5.13 Å². The van der Waals surface area contributed by atoms with Crippen LogP contribution < -0.4 is 4.90 Å². The SMILES string of the molecule is CCc1ccc2nc(N(CCN(C)C)C(=O)c3ccc(C)c(C)c3)sc2c1. The molecule has 0 unspecified atom stereocenters. The smallest absolute Gasteiger partial charge is 0.260 e. The molecule has 3 rings (SSSR count). The molecule has 0 spiro atoms. The summed E-state index contributed by atoms with van der Waals surface area (Å²) in [4.78, 5) is 22.0. The van der Waals surface area contributed by atoms with E-state index >= 15 is 0 Å². The first-order valence-electron chi connectivity index (χ1n) is 9.32. The molecular weight excluding hydrogens is 354 g/mol. The Bertz CT molecular complexity index is 961. The summed E-state index contributed by atoms with van der Waals surface area (Å²) >= 11 is 1.59. The second kappa shape index (κ2) is 8.19. The lowest BCUT2D eigenvalue weighted by Crippen LogP contribution is -2.36. The van der Waals surface area contributed by atoms with E-state index in [1.807, 2.05) is 44.1 Å². The second-order valence-corrected chi connectivity index (χ2v) is 8.22. The predicted octanol–water partition coefficient (Wildman–Crippen LogP) is 4.68. The van der Waals surface area contributed by atoms with E-state index in [0.717, 1.165) is 33.9 Å². The predicted molar refractivity (Wildman–Crippen MR) is 115 cm³/mol. The zero-order valence-corrected chi connectivity index (χ0v) is 17.6. The molecule has 1 amide bonds. The quantitative estimate of drug-likeness (QED) is 0.622. The largest absolute Gasteiger partial charge is 0.308 e. The Morgan fingerprint density at radius 3 is 2.48 bits per heavy atom. The Kier molecular flexibility index (Phi) is 5.92. The highest BCUT2D eigenvalue weighted by Crippen LogP contribution is 2.30. The normalized spacial score (nSPS) is 11.3. The number of rotatable bonds is 6. The van der Waals surface area contributed by atoms with E-state index in [1.54, 1.807) is 11.3 Å². The second-order valence-electron chi connectivity index (χ2n) is 7.21. The molecule has 3 aromatic rings. The van der Waals surface area contributed by atoms with Crippen molar-refractivity contribution in [2.24, 2.45) is 0 Å². The van der Waals surface area contributed by atoms with E-state index in [1.165, 1.54) is 11.1 Å². The van der Waals surface area contributed by atoms with Gasteiger partial charge in [-0.1, -0.05) is 30.4 Å². The lowest BCUT2D eigenvalue weighted by atomic mass is 10.1. The first-order chi connectivity index (χ1) is 12.9. The van der Waals surface area contributed by atoms with E-state index < -0.39 is 0 Å². The van der Waals surface area contributed by atoms with Crippen molar-refractivity contribution >= 4 is 32.6 Å². The van der Waals surface area contributed by atoms with Gasteiger partial charge in [-0.2, -0.15) is 0 Å². The highest BCUT2D eigenvalue weighted by Gasteiger charge is 2.21. The van der Waals surface area contributed by atoms with Crippen molar-refractivity contribution in [1.82, 2.24) is 9.88 Å². The molecule has 1 aromatic heterocycles. The molecule has 0 saturated heterocycles. The van der Waals surface area contributed by atoms with Crippen LogP contribution in [-0.2, 0) is 6.42 Å². The molecule has 0 fully saturated rings. The lowest BCUT2D eigenvalue weighted by Gasteiger charge is -2.22. The average Bonchev–Trinajstić information content (AvgIpc) is 3.06. The Labute approximate surface area is 165 Å². The van der Waals surface area contributed by atoms with Gasteiger partial charge in [-0.15, -0.1) is 0 Å². The maximum atomic E-state index is 13.3. The third-order valence-corrected chi connectivity index (χ3v) is 5.89. The number of anilines is 1. The van der Waals surface area contributed by atoms with Crippen LogP contribution in [0.1, 0.15) is 34.0 Å². The van der Waals surface area contributed by atoms with Crippen molar-refractivity contribution in [2.75, 3.05) is 32.1 Å². The number of fused-ring (bicyclic) bond motifs is 1. The summed E-state index contributed by atoms with van der Waals surface area (Å²) in [6.45, 7) is 7.65. The summed E-state index contributed by atoms with van der Waals surface area (Å²) in [6, 6.07) is 12.2. The number of hydrogen-bond donors (Lipinski definition) is 0. The number of thiazole rings is 1. The standard InChI is InChI=1S/C22H27N3OS/c1-6-17-8-10-19-20(14-17)27-22(23-19)25(12-11-24(4)5)21(26)18-9-7-15(2)16(3)13-18/h7-10,13-14H,6,11-12H2,1-5H3. The fourth-order valence-electron chi connectivity index (χ4n) is 2.91. The van der Waals surface area contributed by atoms with E-state index in [2.05, 4.69) is 36.9 Å². The number of carbonyl (C=O) groups is 1. The molecule has 1 heterocycles. The van der Waals surface area contributed by atoms with Gasteiger partial charge in [-0.05, 0) is 75.3 Å². The van der Waals surface area contributed by atoms with Gasteiger partial charge in [0.2, 0.25) is 0 Å². The summed E-state index contributed by atoms with van der Waals surface area (Å²) < 4.78 is 1.13. The maximum Gasteiger partial charge on any atom is 0.260 e. The van der Waals surface area contributed by atoms with Crippen molar-refractivity contribution < 1.29 is 4.79 Å². The van der Waals surface area contributed by atoms with Gasteiger partial charge in [-0.3, -0.25) is 9.69 Å². The minimum Gasteiger partial charge on any atom is -0.308 e. The molecule has 0 aliphatic carbocycles. The Morgan fingerprint density at radius 2 is 1.81 bits per heavy atom. The summed E-state index contributed by atoms with van der Waals surface area (Å²) in [6.07, 6.45) is 0.995. The van der Waals surface area contributed by atoms with Crippen LogP contribution in [0.15, 0.2) is 36.4 Å². The third kappa shape index (κ3) is 4.37. The molecule has 0 saturated carbocycles. The van der Waals surface area contributed by atoms with Crippen molar-refractivity contribution in [3.05, 3.63) is 58.7 Å². The highest BCUT2D eigenvalue weighted by atomic mass is 32.1. The van der Waals surface area contributed by atoms with Crippen LogP contribution in [0.25, 0.3) is 10.2 Å². The topological polar surface area (TPSA) is 36.4 Å². The average molecular weight is 382 g/mol. The highest BCUT2D eigenvalue weighted by molar-refractivity contribution is 7.22. The number of amides is 1. The van der Waals surface area contributed by atoms with Crippen molar-refractivity contribution in [2.45, 2.75) is 27.2 Å². The Hall–Kier alpha value is -2.24. The van der Waals surface area contributed by atoms with Crippen LogP contribution in [0.3, 0.4) is 0 Å². The van der Waals surface area contributed by atoms with Crippen LogP contribution in [0.2, 0.25) is 0 Å². The zero-order chi connectivity index (χ0) is 19.6. The number of nitrogens with zero attached hydrogens (tertiary/aromatic N) is 3. The minimum absolute atomic E-state index is 0.00900. The van der Waals surface area contributed by atoms with Crippen LogP contribution in [-0.4, -0.2) is 43.0 Å². The molecule has 142 valence electrons. The number of carbonyl (C=O) groups excluding carboxylic acids is 1. The summed E-state index contributed by atoms with van der Waals surface area (Å²) in [5, 5.41) is 0.767. The summed E-state index contributed by atoms with van der Waals surface area (Å²) in [7, 11) is 4.04. The third-order valence-electron chi connectivity index (χ3n) is 4.85. The van der Waals surface area contributed by atoms with E-state index in [0.29, 0.717) is 12.1 Å². The van der Waals surface area contributed by atoms with Gasteiger partial charge >= 0.3 is 0 Å². The molecule has 0 aliphatic heterocycles. The fourth-order valence-corrected chi connectivity index (χ4v) is 3.96. The molecule has 27 heavy (non-hydrogen) atoms. The molecule has 0 bridgehead atoms. The number of hydrogen-bond acceptors (Lipinski definition) is 4. The lowest BCUT2D eigenvalue weighted by molar-refractivity contribution is 0.0985. The summed E-state index contributed by atoms with van der Waals surface area (Å²) in [5.74, 6) is 0.00900. The van der Waals surface area contributed by atoms with Crippen LogP contribution >= 0.6 is 11.3 Å². The van der Waals surface area contributed by atoms with Gasteiger partial charge in [0, 0.05) is 18.7 Å². The Morgan fingerprint density at radius 1 is 1.04 bits per heavy atom. The molecule has 4 nitrogen and oxygen atoms in total. The first kappa shape index (κ1) is 19.5. The van der Waals surface area contributed by atoms with E-state index in [4.69, 9.17) is 4.98 Å². The Balaban J connectivity index is 1.99. The molecule has 0 radical (unpaired) electrons. The van der Waals surface area contributed by atoms with Crippen LogP contribution in [0.5, 0.6) is 0 Å². The van der Waals surface area contributed by atoms with Crippen LogP contribution in [0.4, 0.5) is 5.13 Å². The fraction of sp³-hybridized carbons (Fsp3) is 0.364. The molecule has 0 atom stereocenters. The van der Waals surface area contributed by atoms with Gasteiger partial charge in [-0.25, -0.2) is 4.98 Å². The number of aryl methyl sites for hydroxylation is 3. The number of benzene rings is 2. The molecule has 0 N–H and O–H groups in total. The van der Waals surface area contributed by atoms with Gasteiger partial charge in [0.1, 0.15) is 0 Å². The maximum absolute atomic E-state index is 13.3. The minimum atomic E-state index is 0.00900. The van der Waals surface area contributed by atoms with Gasteiger partial charge in [0.05, 0.1) is 10.2 Å². The molecule has 2 aromatic carbocycles. The molecule has 5 heteroatoms. The van der Waals surface area contributed by atoms with Crippen molar-refractivity contribution in [3.8, 4) is 0 Å². The van der Waals surface area contributed by atoms with Gasteiger partial charge in [0.25, 0.3) is 5.91 Å².